The fourth-order valence-electron chi connectivity index (χ4n) is 7.52. The molecule has 0 spiro atoms. The maximum atomic E-state index is 6.85. The summed E-state index contributed by atoms with van der Waals surface area (Å²) in [6.45, 7) is 0. The van der Waals surface area contributed by atoms with Gasteiger partial charge in [-0.2, -0.15) is 0 Å². The second-order valence-corrected chi connectivity index (χ2v) is 11.2. The lowest BCUT2D eigenvalue weighted by molar-refractivity contribution is 0.488. The summed E-state index contributed by atoms with van der Waals surface area (Å²) in [6.07, 6.45) is 0. The van der Waals surface area contributed by atoms with Crippen LogP contribution in [0.1, 0.15) is 22.3 Å². The zero-order valence-corrected chi connectivity index (χ0v) is 22.9. The highest BCUT2D eigenvalue weighted by atomic mass is 16.5. The molecule has 1 nitrogen and oxygen atoms in total. The number of para-hydroxylation sites is 1. The molecule has 1 aliphatic carbocycles. The summed E-state index contributed by atoms with van der Waals surface area (Å²) in [5, 5.41) is 2.38. The normalized spacial score (nSPS) is 13.6. The number of ether oxygens (including phenoxy) is 1. The maximum absolute atomic E-state index is 6.85. The van der Waals surface area contributed by atoms with E-state index in [-0.39, 0.29) is 0 Å². The quantitative estimate of drug-likeness (QED) is 0.219. The molecule has 0 bridgehead atoms. The van der Waals surface area contributed by atoms with E-state index in [4.69, 9.17) is 4.74 Å². The molecule has 0 saturated carbocycles. The van der Waals surface area contributed by atoms with Gasteiger partial charge in [-0.05, 0) is 56.0 Å². The minimum Gasteiger partial charge on any atom is -0.455 e. The largest absolute Gasteiger partial charge is 0.455 e. The van der Waals surface area contributed by atoms with Gasteiger partial charge in [-0.15, -0.1) is 0 Å². The van der Waals surface area contributed by atoms with Crippen molar-refractivity contribution < 1.29 is 4.74 Å². The molecule has 196 valence electrons. The van der Waals surface area contributed by atoms with Crippen molar-refractivity contribution in [1.29, 1.82) is 0 Å². The lowest BCUT2D eigenvalue weighted by Crippen LogP contribution is -2.29. The second kappa shape index (κ2) is 8.80. The lowest BCUT2D eigenvalue weighted by atomic mass is 9.66. The van der Waals surface area contributed by atoms with Crippen molar-refractivity contribution in [3.63, 3.8) is 0 Å². The Bertz CT molecular complexity index is 2110. The van der Waals surface area contributed by atoms with E-state index in [9.17, 15) is 0 Å². The summed E-state index contributed by atoms with van der Waals surface area (Å²) < 4.78 is 6.85. The van der Waals surface area contributed by atoms with Crippen molar-refractivity contribution in [2.24, 2.45) is 0 Å². The third-order valence-electron chi connectivity index (χ3n) is 9.15. The third kappa shape index (κ3) is 3.03. The van der Waals surface area contributed by atoms with E-state index in [0.29, 0.717) is 0 Å². The molecule has 0 N–H and O–H groups in total. The van der Waals surface area contributed by atoms with Crippen molar-refractivity contribution in [3.05, 3.63) is 180 Å². The minimum atomic E-state index is -0.486. The molecular formula is C41H26O. The molecular weight excluding hydrogens is 508 g/mol. The van der Waals surface area contributed by atoms with Crippen LogP contribution in [-0.4, -0.2) is 0 Å². The monoisotopic (exact) mass is 534 g/mol. The van der Waals surface area contributed by atoms with Gasteiger partial charge in [0.05, 0.1) is 5.41 Å². The highest BCUT2D eigenvalue weighted by molar-refractivity contribution is 6.06. The Morgan fingerprint density at radius 3 is 1.60 bits per heavy atom. The first-order valence-electron chi connectivity index (χ1n) is 14.5. The summed E-state index contributed by atoms with van der Waals surface area (Å²) in [6, 6.07) is 57.2. The summed E-state index contributed by atoms with van der Waals surface area (Å²) in [7, 11) is 0. The molecule has 0 aromatic heterocycles. The molecule has 9 rings (SSSR count). The number of hydrogen-bond acceptors (Lipinski definition) is 1. The van der Waals surface area contributed by atoms with Gasteiger partial charge in [0.15, 0.2) is 0 Å². The Labute approximate surface area is 245 Å². The zero-order valence-electron chi connectivity index (χ0n) is 22.9. The molecule has 1 heterocycles. The molecule has 0 saturated heterocycles. The number of rotatable bonds is 3. The number of hydrogen-bond donors (Lipinski definition) is 0. The highest BCUT2D eigenvalue weighted by Crippen LogP contribution is 2.60. The van der Waals surface area contributed by atoms with Crippen LogP contribution in [0.3, 0.4) is 0 Å². The van der Waals surface area contributed by atoms with Crippen LogP contribution in [0.15, 0.2) is 158 Å². The molecule has 1 aliphatic heterocycles. The zero-order chi connectivity index (χ0) is 27.7. The predicted molar refractivity (Wildman–Crippen MR) is 172 cm³/mol. The Hall–Kier alpha value is -5.40. The standard InChI is InChI=1S/C41H26O/c1-3-15-28(16-4-1)41(29-17-5-2-6-18-29)36-25-8-7-19-30(36)32-21-11-22-33(39(32)41)35-24-12-23-34-31-20-9-13-27-14-10-26-37(38(27)31)42-40(34)35/h1-26H. The lowest BCUT2D eigenvalue weighted by Gasteiger charge is -2.35. The van der Waals surface area contributed by atoms with Gasteiger partial charge in [-0.3, -0.25) is 0 Å². The van der Waals surface area contributed by atoms with Gasteiger partial charge in [-0.1, -0.05) is 152 Å². The van der Waals surface area contributed by atoms with Gasteiger partial charge in [0.1, 0.15) is 11.5 Å². The van der Waals surface area contributed by atoms with Crippen LogP contribution in [0.4, 0.5) is 0 Å². The smallest absolute Gasteiger partial charge is 0.143 e. The first-order chi connectivity index (χ1) is 20.9. The van der Waals surface area contributed by atoms with E-state index in [0.717, 1.165) is 22.6 Å². The van der Waals surface area contributed by atoms with Crippen molar-refractivity contribution >= 4 is 10.8 Å². The van der Waals surface area contributed by atoms with E-state index in [1.165, 1.54) is 55.3 Å². The van der Waals surface area contributed by atoms with Gasteiger partial charge < -0.3 is 4.74 Å². The molecule has 7 aromatic carbocycles. The molecule has 1 heteroatoms. The number of fused-ring (bicyclic) bond motifs is 5. The predicted octanol–water partition coefficient (Wildman–Crippen LogP) is 10.6. The number of benzene rings is 7. The summed E-state index contributed by atoms with van der Waals surface area (Å²) in [5.74, 6) is 1.83. The fourth-order valence-corrected chi connectivity index (χ4v) is 7.52. The first-order valence-corrected chi connectivity index (χ1v) is 14.5. The van der Waals surface area contributed by atoms with Crippen LogP contribution >= 0.6 is 0 Å². The van der Waals surface area contributed by atoms with Crippen molar-refractivity contribution in [1.82, 2.24) is 0 Å². The SMILES string of the molecule is c1ccc(C2(c3ccccc3)c3ccccc3-c3cccc(-c4cccc5c4Oc4cccc6cccc-5c46)c32)cc1. The first kappa shape index (κ1) is 23.3. The van der Waals surface area contributed by atoms with E-state index in [1.54, 1.807) is 0 Å². The van der Waals surface area contributed by atoms with Gasteiger partial charge in [0.2, 0.25) is 0 Å². The summed E-state index contributed by atoms with van der Waals surface area (Å²) in [4.78, 5) is 0. The molecule has 0 unspecified atom stereocenters. The van der Waals surface area contributed by atoms with Gasteiger partial charge in [-0.25, -0.2) is 0 Å². The Kier molecular flexibility index (Phi) is 4.88. The Morgan fingerprint density at radius 2 is 0.881 bits per heavy atom. The maximum Gasteiger partial charge on any atom is 0.143 e. The van der Waals surface area contributed by atoms with Crippen LogP contribution in [0.5, 0.6) is 11.5 Å². The van der Waals surface area contributed by atoms with Gasteiger partial charge in [0, 0.05) is 16.5 Å². The Balaban J connectivity index is 1.41. The van der Waals surface area contributed by atoms with E-state index in [1.807, 2.05) is 0 Å². The van der Waals surface area contributed by atoms with Crippen molar-refractivity contribution in [2.45, 2.75) is 5.41 Å². The van der Waals surface area contributed by atoms with Crippen LogP contribution in [0.25, 0.3) is 44.2 Å². The molecule has 0 radical (unpaired) electrons. The molecule has 7 aromatic rings. The van der Waals surface area contributed by atoms with E-state index in [2.05, 4.69) is 158 Å². The van der Waals surface area contributed by atoms with Crippen LogP contribution < -0.4 is 4.74 Å². The molecule has 42 heavy (non-hydrogen) atoms. The molecule has 0 atom stereocenters. The van der Waals surface area contributed by atoms with Crippen LogP contribution in [0.2, 0.25) is 0 Å². The topological polar surface area (TPSA) is 9.23 Å². The van der Waals surface area contributed by atoms with Crippen LogP contribution in [0, 0.1) is 0 Å². The van der Waals surface area contributed by atoms with Crippen molar-refractivity contribution in [2.75, 3.05) is 0 Å². The van der Waals surface area contributed by atoms with Gasteiger partial charge >= 0.3 is 0 Å². The average molecular weight is 535 g/mol. The summed E-state index contributed by atoms with van der Waals surface area (Å²) >= 11 is 0. The minimum absolute atomic E-state index is 0.486. The molecule has 0 amide bonds. The van der Waals surface area contributed by atoms with E-state index >= 15 is 0 Å². The van der Waals surface area contributed by atoms with Crippen molar-refractivity contribution in [3.8, 4) is 44.9 Å². The van der Waals surface area contributed by atoms with Gasteiger partial charge in [0.25, 0.3) is 0 Å². The highest BCUT2D eigenvalue weighted by Gasteiger charge is 2.47. The Morgan fingerprint density at radius 1 is 0.381 bits per heavy atom. The fraction of sp³-hybridized carbons (Fsp3) is 0.0244. The summed E-state index contributed by atoms with van der Waals surface area (Å²) in [5.41, 5.74) is 11.9. The molecule has 2 aliphatic rings. The van der Waals surface area contributed by atoms with E-state index < -0.39 is 5.41 Å². The third-order valence-corrected chi connectivity index (χ3v) is 9.15. The second-order valence-electron chi connectivity index (χ2n) is 11.2. The average Bonchev–Trinajstić information content (AvgIpc) is 3.37. The molecule has 0 fully saturated rings. The van der Waals surface area contributed by atoms with Crippen LogP contribution in [-0.2, 0) is 5.41 Å².